The summed E-state index contributed by atoms with van der Waals surface area (Å²) >= 11 is 0. The predicted octanol–water partition coefficient (Wildman–Crippen LogP) is 17.1. The van der Waals surface area contributed by atoms with Crippen molar-refractivity contribution in [3.63, 3.8) is 0 Å². The summed E-state index contributed by atoms with van der Waals surface area (Å²) < 4.78 is 15.1. The number of hydrogen-bond acceptors (Lipinski definition) is 2. The largest absolute Gasteiger partial charge is 0.356 e. The first-order chi connectivity index (χ1) is 31.7. The first-order valence-electron chi connectivity index (χ1n) is 25.8. The van der Waals surface area contributed by atoms with Crippen LogP contribution in [0, 0.1) is 43.3 Å². The molecule has 0 N–H and O–H groups in total. The lowest BCUT2D eigenvalue weighted by Gasteiger charge is -2.59. The Kier molecular flexibility index (Phi) is 7.35. The van der Waals surface area contributed by atoms with Crippen LogP contribution in [0.1, 0.15) is 157 Å². The molecule has 2 heteroatoms. The third-order valence-corrected chi connectivity index (χ3v) is 20.0. The summed E-state index contributed by atoms with van der Waals surface area (Å²) in [7, 11) is 0. The van der Waals surface area contributed by atoms with Crippen molar-refractivity contribution < 1.29 is 9.47 Å². The molecular weight excluding hydrogens is 825 g/mol. The van der Waals surface area contributed by atoms with Crippen molar-refractivity contribution in [1.82, 2.24) is 0 Å². The second kappa shape index (κ2) is 11.9. The average molecular weight is 893 g/mol. The lowest BCUT2D eigenvalue weighted by molar-refractivity contribution is 0.0900. The smallest absolute Gasteiger partial charge is 0.110 e. The van der Waals surface area contributed by atoms with Gasteiger partial charge in [-0.25, -0.2) is 0 Å². The number of hydrogen-bond donors (Lipinski definition) is 0. The minimum atomic E-state index is -0.247. The van der Waals surface area contributed by atoms with Gasteiger partial charge in [0.05, 0.1) is 0 Å². The molecule has 4 aliphatic heterocycles. The molecule has 0 saturated carbocycles. The van der Waals surface area contributed by atoms with E-state index in [2.05, 4.69) is 208 Å². The van der Waals surface area contributed by atoms with Crippen LogP contribution in [0.5, 0.6) is 0 Å². The number of rotatable bonds is 0. The molecule has 0 amide bonds. The van der Waals surface area contributed by atoms with Gasteiger partial charge in [0, 0.05) is 21.7 Å². The van der Waals surface area contributed by atoms with Crippen LogP contribution >= 0.6 is 0 Å². The van der Waals surface area contributed by atoms with E-state index in [-0.39, 0.29) is 67.7 Å². The van der Waals surface area contributed by atoms with Crippen LogP contribution in [0.25, 0.3) is 10.8 Å². The molecule has 344 valence electrons. The molecule has 2 saturated heterocycles. The van der Waals surface area contributed by atoms with E-state index in [9.17, 15) is 0 Å². The summed E-state index contributed by atoms with van der Waals surface area (Å²) in [4.78, 5) is 0. The van der Waals surface area contributed by atoms with Gasteiger partial charge in [0.2, 0.25) is 0 Å². The molecule has 2 nitrogen and oxygen atoms in total. The van der Waals surface area contributed by atoms with Gasteiger partial charge >= 0.3 is 0 Å². The fourth-order valence-electron chi connectivity index (χ4n) is 15.5. The van der Waals surface area contributed by atoms with E-state index in [1.807, 2.05) is 0 Å². The molecule has 8 atom stereocenters. The highest BCUT2D eigenvalue weighted by Crippen LogP contribution is 2.77. The molecule has 2 aromatic carbocycles. The third kappa shape index (κ3) is 4.49. The zero-order valence-electron chi connectivity index (χ0n) is 43.4. The average Bonchev–Trinajstić information content (AvgIpc) is 4.02. The van der Waals surface area contributed by atoms with Gasteiger partial charge in [-0.2, -0.15) is 0 Å². The van der Waals surface area contributed by atoms with Gasteiger partial charge in [-0.05, 0) is 144 Å². The first-order valence-corrected chi connectivity index (χ1v) is 25.8. The molecule has 14 rings (SSSR count). The fourth-order valence-corrected chi connectivity index (χ4v) is 15.5. The van der Waals surface area contributed by atoms with Gasteiger partial charge in [-0.3, -0.25) is 0 Å². The van der Waals surface area contributed by atoms with Crippen molar-refractivity contribution in [2.24, 2.45) is 43.3 Å². The first kappa shape index (κ1) is 41.9. The van der Waals surface area contributed by atoms with Crippen LogP contribution < -0.4 is 0 Å². The van der Waals surface area contributed by atoms with Crippen molar-refractivity contribution in [3.8, 4) is 0 Å². The Bertz CT molecular complexity index is 3190. The Morgan fingerprint density at radius 1 is 0.338 bits per heavy atom. The molecule has 68 heavy (non-hydrogen) atoms. The van der Waals surface area contributed by atoms with Crippen LogP contribution in [-0.4, -0.2) is 0 Å². The van der Waals surface area contributed by atoms with Gasteiger partial charge < -0.3 is 9.47 Å². The molecular formula is C66H68O2. The van der Waals surface area contributed by atoms with E-state index in [0.29, 0.717) is 0 Å². The Labute approximate surface area is 405 Å². The van der Waals surface area contributed by atoms with Crippen LogP contribution in [0.4, 0.5) is 0 Å². The number of allylic oxidation sites excluding steroid dienone is 24. The molecule has 4 heterocycles. The van der Waals surface area contributed by atoms with E-state index in [4.69, 9.17) is 9.47 Å². The molecule has 2 aromatic rings. The van der Waals surface area contributed by atoms with E-state index in [1.165, 1.54) is 122 Å². The normalized spacial score (nSPS) is 35.2. The van der Waals surface area contributed by atoms with Crippen molar-refractivity contribution in [2.75, 3.05) is 0 Å². The second-order valence-electron chi connectivity index (χ2n) is 27.3. The zero-order valence-corrected chi connectivity index (χ0v) is 43.4. The van der Waals surface area contributed by atoms with Crippen LogP contribution in [0.3, 0.4) is 0 Å². The lowest BCUT2D eigenvalue weighted by Crippen LogP contribution is -2.50. The minimum Gasteiger partial charge on any atom is -0.356 e. The Hall–Kier alpha value is -5.02. The van der Waals surface area contributed by atoms with Crippen LogP contribution in [0.15, 0.2) is 186 Å². The SMILES string of the molecule is CC(C)(C)C1=CC2=C3C(=C4C=C(C(C)(C)C)C=C5C=CC(=C1)[C@]2(C)[C@@]54C)C1OC3c2ccc3c4c(ccc3c21)C1OC4C2=C3C=C(C(C)(C)C)C=C4C=CC5=CC(C(C)(C)C)=CC(=C21)[C@]5(C)[C@]43C. The van der Waals surface area contributed by atoms with Gasteiger partial charge in [0.25, 0.3) is 0 Å². The Balaban J connectivity index is 1.03. The van der Waals surface area contributed by atoms with Crippen molar-refractivity contribution in [2.45, 2.75) is 135 Å². The minimum absolute atomic E-state index is 0.00555. The Morgan fingerprint density at radius 2 is 0.588 bits per heavy atom. The summed E-state index contributed by atoms with van der Waals surface area (Å²) in [6.07, 6.45) is 29.7. The molecule has 4 unspecified atom stereocenters. The van der Waals surface area contributed by atoms with Gasteiger partial charge in [0.15, 0.2) is 0 Å². The molecule has 0 radical (unpaired) electrons. The quantitative estimate of drug-likeness (QED) is 0.262. The van der Waals surface area contributed by atoms with Gasteiger partial charge in [-0.15, -0.1) is 0 Å². The van der Waals surface area contributed by atoms with Crippen molar-refractivity contribution >= 4 is 10.8 Å². The maximum Gasteiger partial charge on any atom is 0.110 e. The molecule has 12 aliphatic rings. The highest BCUT2D eigenvalue weighted by Gasteiger charge is 2.66. The monoisotopic (exact) mass is 893 g/mol. The molecule has 0 aromatic heterocycles. The lowest BCUT2D eigenvalue weighted by atomic mass is 9.43. The highest BCUT2D eigenvalue weighted by atomic mass is 16.5. The van der Waals surface area contributed by atoms with Crippen molar-refractivity contribution in [1.29, 1.82) is 0 Å². The number of fused-ring (bicyclic) bond motifs is 19. The van der Waals surface area contributed by atoms with E-state index < -0.39 is 0 Å². The number of ether oxygens (including phenoxy) is 2. The Morgan fingerprint density at radius 3 is 0.838 bits per heavy atom. The summed E-state index contributed by atoms with van der Waals surface area (Å²) in [5.41, 5.74) is 27.2. The fraction of sp³-hybridized carbons (Fsp3) is 0.424. The molecule has 8 aliphatic carbocycles. The second-order valence-corrected chi connectivity index (χ2v) is 27.3. The van der Waals surface area contributed by atoms with Gasteiger partial charge in [-0.1, -0.05) is 208 Å². The van der Waals surface area contributed by atoms with E-state index in [1.54, 1.807) is 0 Å². The number of benzene rings is 2. The molecule has 0 spiro atoms. The third-order valence-electron chi connectivity index (χ3n) is 20.0. The van der Waals surface area contributed by atoms with Gasteiger partial charge in [0.1, 0.15) is 24.4 Å². The maximum atomic E-state index is 7.54. The molecule has 4 bridgehead atoms. The summed E-state index contributed by atoms with van der Waals surface area (Å²) in [5, 5.41) is 2.65. The topological polar surface area (TPSA) is 18.5 Å². The highest BCUT2D eigenvalue weighted by molar-refractivity contribution is 5.96. The predicted molar refractivity (Wildman–Crippen MR) is 278 cm³/mol. The summed E-state index contributed by atoms with van der Waals surface area (Å²) in [6, 6.07) is 9.82. The maximum absolute atomic E-state index is 7.54. The standard InChI is InChI=1S/C66H68O2/c1-59(2,3)37-25-33-17-19-35-27-39(61(7,8)9)31-47-53-51(45(29-37)63(33,13)65(35,47)15)55-43-23-21-42-41(49(43)57(53)67-55)22-24-44-50(42)58-54-48-32-40(62(10,11)12)28-36-20-18-34-26-38(60(4,5)6)30-46(52(54)56(44)68-58)64(34,14)66(36,48)16/h17-32,55-58H,1-16H3/t55?,56?,57?,58?,63-,64+,65-,66+. The van der Waals surface area contributed by atoms with E-state index >= 15 is 0 Å². The molecule has 2 fully saturated rings. The van der Waals surface area contributed by atoms with Crippen LogP contribution in [0.2, 0.25) is 0 Å². The zero-order chi connectivity index (χ0) is 47.7. The summed E-state index contributed by atoms with van der Waals surface area (Å²) in [6.45, 7) is 38.6. The summed E-state index contributed by atoms with van der Waals surface area (Å²) in [5.74, 6) is 0. The van der Waals surface area contributed by atoms with Crippen LogP contribution in [-0.2, 0) is 9.47 Å². The van der Waals surface area contributed by atoms with Crippen molar-refractivity contribution in [3.05, 3.63) is 209 Å². The van der Waals surface area contributed by atoms with E-state index in [0.717, 1.165) is 0 Å².